The van der Waals surface area contributed by atoms with Crippen LogP contribution in [0, 0.1) is 0 Å². The number of hydrogen-bond acceptors (Lipinski definition) is 7. The van der Waals surface area contributed by atoms with Crippen molar-refractivity contribution in [3.63, 3.8) is 0 Å². The third-order valence-corrected chi connectivity index (χ3v) is 4.11. The highest BCUT2D eigenvalue weighted by Crippen LogP contribution is 2.18. The maximum absolute atomic E-state index is 4.57. The van der Waals surface area contributed by atoms with Gasteiger partial charge in [0.15, 0.2) is 0 Å². The average molecular weight is 296 g/mol. The van der Waals surface area contributed by atoms with E-state index < -0.39 is 0 Å². The molecular formula is C13H24N6S. The first-order valence-electron chi connectivity index (χ1n) is 7.17. The van der Waals surface area contributed by atoms with Crippen molar-refractivity contribution < 1.29 is 0 Å². The predicted molar refractivity (Wildman–Crippen MR) is 86.9 cm³/mol. The minimum absolute atomic E-state index is 0.339. The molecule has 0 radical (unpaired) electrons. The molecule has 6 nitrogen and oxygen atoms in total. The molecule has 112 valence electrons. The molecule has 0 aliphatic carbocycles. The van der Waals surface area contributed by atoms with Crippen LogP contribution in [-0.4, -0.2) is 53.1 Å². The van der Waals surface area contributed by atoms with Crippen molar-refractivity contribution in [1.29, 1.82) is 0 Å². The van der Waals surface area contributed by atoms with Gasteiger partial charge in [0.2, 0.25) is 17.8 Å². The molecule has 20 heavy (non-hydrogen) atoms. The molecule has 1 unspecified atom stereocenters. The zero-order valence-corrected chi connectivity index (χ0v) is 13.3. The van der Waals surface area contributed by atoms with E-state index in [1.807, 2.05) is 18.8 Å². The predicted octanol–water partition coefficient (Wildman–Crippen LogP) is 2.07. The molecule has 1 aromatic rings. The Morgan fingerprint density at radius 1 is 1.15 bits per heavy atom. The zero-order chi connectivity index (χ0) is 14.4. The van der Waals surface area contributed by atoms with Crippen LogP contribution in [0.3, 0.4) is 0 Å². The van der Waals surface area contributed by atoms with Gasteiger partial charge in [0, 0.05) is 31.9 Å². The molecule has 7 heteroatoms. The van der Waals surface area contributed by atoms with Gasteiger partial charge in [0.1, 0.15) is 0 Å². The molecule has 2 heterocycles. The number of aromatic nitrogens is 3. The summed E-state index contributed by atoms with van der Waals surface area (Å²) in [7, 11) is 1.84. The van der Waals surface area contributed by atoms with E-state index in [1.54, 1.807) is 0 Å². The van der Waals surface area contributed by atoms with E-state index in [1.165, 1.54) is 19.3 Å². The molecule has 1 atom stereocenters. The summed E-state index contributed by atoms with van der Waals surface area (Å²) in [6.45, 7) is 4.21. The third-order valence-electron chi connectivity index (χ3n) is 3.28. The molecule has 1 aromatic heterocycles. The van der Waals surface area contributed by atoms with Gasteiger partial charge in [-0.15, -0.1) is 0 Å². The van der Waals surface area contributed by atoms with Gasteiger partial charge >= 0.3 is 0 Å². The van der Waals surface area contributed by atoms with Crippen LogP contribution in [0.5, 0.6) is 0 Å². The third kappa shape index (κ3) is 4.13. The van der Waals surface area contributed by atoms with E-state index in [4.69, 9.17) is 0 Å². The van der Waals surface area contributed by atoms with E-state index in [9.17, 15) is 0 Å². The van der Waals surface area contributed by atoms with Crippen LogP contribution >= 0.6 is 11.8 Å². The molecule has 0 saturated carbocycles. The van der Waals surface area contributed by atoms with Crippen LogP contribution in [0.2, 0.25) is 0 Å². The second-order valence-corrected chi connectivity index (χ2v) is 5.99. The van der Waals surface area contributed by atoms with Crippen molar-refractivity contribution in [3.05, 3.63) is 0 Å². The largest absolute Gasteiger partial charge is 0.357 e. The van der Waals surface area contributed by atoms with Crippen molar-refractivity contribution in [2.45, 2.75) is 32.2 Å². The molecule has 0 aromatic carbocycles. The molecule has 1 fully saturated rings. The lowest BCUT2D eigenvalue weighted by atomic mass is 10.1. The highest BCUT2D eigenvalue weighted by atomic mass is 32.2. The summed E-state index contributed by atoms with van der Waals surface area (Å²) in [5.74, 6) is 3.09. The fourth-order valence-electron chi connectivity index (χ4n) is 2.29. The normalized spacial score (nSPS) is 16.9. The maximum atomic E-state index is 4.57. The van der Waals surface area contributed by atoms with Gasteiger partial charge in [-0.05, 0) is 32.4 Å². The highest BCUT2D eigenvalue weighted by Gasteiger charge is 2.16. The standard InChI is InChI=1S/C13H24N6S/c1-10(9-20-3)15-12-16-11(14-2)17-13(18-12)19-7-5-4-6-8-19/h10H,4-9H2,1-3H3,(H2,14,15,16,17,18). The van der Waals surface area contributed by atoms with Gasteiger partial charge in [0.25, 0.3) is 0 Å². The van der Waals surface area contributed by atoms with Crippen LogP contribution < -0.4 is 15.5 Å². The fraction of sp³-hybridized carbons (Fsp3) is 0.769. The van der Waals surface area contributed by atoms with E-state index in [2.05, 4.69) is 43.7 Å². The van der Waals surface area contributed by atoms with E-state index in [0.717, 1.165) is 24.8 Å². The Morgan fingerprint density at radius 3 is 2.50 bits per heavy atom. The molecule has 1 saturated heterocycles. The second-order valence-electron chi connectivity index (χ2n) is 5.08. The average Bonchev–Trinajstić information content (AvgIpc) is 2.48. The molecule has 1 aliphatic heterocycles. The van der Waals surface area contributed by atoms with Crippen molar-refractivity contribution >= 4 is 29.6 Å². The number of piperidine rings is 1. The monoisotopic (exact) mass is 296 g/mol. The Labute approximate surface area is 125 Å². The Morgan fingerprint density at radius 2 is 1.85 bits per heavy atom. The lowest BCUT2D eigenvalue weighted by molar-refractivity contribution is 0.567. The smallest absolute Gasteiger partial charge is 0.231 e. The van der Waals surface area contributed by atoms with Crippen molar-refractivity contribution in [1.82, 2.24) is 15.0 Å². The Balaban J connectivity index is 2.14. The molecule has 1 aliphatic rings. The number of nitrogens with one attached hydrogen (secondary N) is 2. The number of anilines is 3. The molecule has 0 spiro atoms. The van der Waals surface area contributed by atoms with Gasteiger partial charge in [-0.1, -0.05) is 0 Å². The first-order valence-corrected chi connectivity index (χ1v) is 8.56. The van der Waals surface area contributed by atoms with Crippen LogP contribution in [-0.2, 0) is 0 Å². The summed E-state index contributed by atoms with van der Waals surface area (Å²) < 4.78 is 0. The van der Waals surface area contributed by atoms with Crippen LogP contribution in [0.1, 0.15) is 26.2 Å². The molecule has 2 N–H and O–H groups in total. The zero-order valence-electron chi connectivity index (χ0n) is 12.5. The Bertz CT molecular complexity index is 421. The van der Waals surface area contributed by atoms with Gasteiger partial charge in [-0.2, -0.15) is 26.7 Å². The van der Waals surface area contributed by atoms with Gasteiger partial charge < -0.3 is 15.5 Å². The van der Waals surface area contributed by atoms with Crippen LogP contribution in [0.4, 0.5) is 17.8 Å². The van der Waals surface area contributed by atoms with Gasteiger partial charge in [0.05, 0.1) is 0 Å². The van der Waals surface area contributed by atoms with Crippen LogP contribution in [0.15, 0.2) is 0 Å². The topological polar surface area (TPSA) is 66.0 Å². The molecule has 2 rings (SSSR count). The van der Waals surface area contributed by atoms with Gasteiger partial charge in [-0.3, -0.25) is 0 Å². The number of hydrogen-bond donors (Lipinski definition) is 2. The van der Waals surface area contributed by atoms with Gasteiger partial charge in [-0.25, -0.2) is 0 Å². The number of thioether (sulfide) groups is 1. The maximum Gasteiger partial charge on any atom is 0.231 e. The summed E-state index contributed by atoms with van der Waals surface area (Å²) in [6.07, 6.45) is 5.83. The minimum atomic E-state index is 0.339. The highest BCUT2D eigenvalue weighted by molar-refractivity contribution is 7.98. The van der Waals surface area contributed by atoms with E-state index in [0.29, 0.717) is 17.9 Å². The second kappa shape index (κ2) is 7.52. The minimum Gasteiger partial charge on any atom is -0.357 e. The van der Waals surface area contributed by atoms with E-state index in [-0.39, 0.29) is 0 Å². The first kappa shape index (κ1) is 15.2. The van der Waals surface area contributed by atoms with Crippen LogP contribution in [0.25, 0.3) is 0 Å². The number of rotatable bonds is 6. The van der Waals surface area contributed by atoms with Crippen molar-refractivity contribution in [3.8, 4) is 0 Å². The van der Waals surface area contributed by atoms with Crippen molar-refractivity contribution in [2.75, 3.05) is 47.7 Å². The summed E-state index contributed by atoms with van der Waals surface area (Å²) in [6, 6.07) is 0.339. The van der Waals surface area contributed by atoms with E-state index >= 15 is 0 Å². The number of nitrogens with zero attached hydrogens (tertiary/aromatic N) is 4. The van der Waals surface area contributed by atoms with Crippen molar-refractivity contribution in [2.24, 2.45) is 0 Å². The Kier molecular flexibility index (Phi) is 5.70. The quantitative estimate of drug-likeness (QED) is 0.833. The molecule has 0 bridgehead atoms. The SMILES string of the molecule is CNc1nc(NC(C)CSC)nc(N2CCCCC2)n1. The molecule has 0 amide bonds. The molecular weight excluding hydrogens is 272 g/mol. The Hall–Kier alpha value is -1.24. The summed E-state index contributed by atoms with van der Waals surface area (Å²) in [5, 5.41) is 6.37. The first-order chi connectivity index (χ1) is 9.72. The summed E-state index contributed by atoms with van der Waals surface area (Å²) >= 11 is 1.81. The lowest BCUT2D eigenvalue weighted by Crippen LogP contribution is -2.32. The fourth-order valence-corrected chi connectivity index (χ4v) is 2.87. The summed E-state index contributed by atoms with van der Waals surface area (Å²) in [4.78, 5) is 15.7. The lowest BCUT2D eigenvalue weighted by Gasteiger charge is -2.27. The summed E-state index contributed by atoms with van der Waals surface area (Å²) in [5.41, 5.74) is 0.